The van der Waals surface area contributed by atoms with E-state index in [0.29, 0.717) is 16.2 Å². The van der Waals surface area contributed by atoms with Gasteiger partial charge < -0.3 is 10.9 Å². The van der Waals surface area contributed by atoms with Crippen LogP contribution in [-0.4, -0.2) is 4.86 Å². The zero-order chi connectivity index (χ0) is 12.1. The van der Waals surface area contributed by atoms with Crippen LogP contribution < -0.4 is 11.2 Å². The van der Waals surface area contributed by atoms with Gasteiger partial charge in [0.25, 0.3) is 0 Å². The molecule has 0 saturated heterocycles. The number of rotatable bonds is 3. The molecule has 0 atom stereocenters. The van der Waals surface area contributed by atoms with Crippen molar-refractivity contribution in [1.29, 1.82) is 0 Å². The average molecular weight is 228 g/mol. The fraction of sp³-hybridized carbons (Fsp3) is 0. The zero-order valence-corrected chi connectivity index (χ0v) is 9.08. The van der Waals surface area contributed by atoms with Crippen molar-refractivity contribution in [2.45, 2.75) is 0 Å². The van der Waals surface area contributed by atoms with Crippen LogP contribution in [-0.2, 0) is 0 Å². The van der Waals surface area contributed by atoms with Gasteiger partial charge in [0.2, 0.25) is 0 Å². The first-order valence-electron chi connectivity index (χ1n) is 5.10. The van der Waals surface area contributed by atoms with Crippen LogP contribution in [0.5, 0.6) is 0 Å². The van der Waals surface area contributed by atoms with Crippen molar-refractivity contribution in [1.82, 2.24) is 0 Å². The predicted molar refractivity (Wildman–Crippen MR) is 66.6 cm³/mol. The monoisotopic (exact) mass is 228 g/mol. The summed E-state index contributed by atoms with van der Waals surface area (Å²) in [7, 11) is 0. The van der Waals surface area contributed by atoms with Crippen LogP contribution in [0.1, 0.15) is 0 Å². The Labute approximate surface area is 98.8 Å². The molecule has 5 heteroatoms. The third-order valence-electron chi connectivity index (χ3n) is 2.16. The smallest absolute Gasteiger partial charge is 0.154 e. The van der Waals surface area contributed by atoms with Gasteiger partial charge in [0.15, 0.2) is 5.69 Å². The molecule has 0 heterocycles. The van der Waals surface area contributed by atoms with E-state index in [0.717, 1.165) is 5.69 Å². The minimum Gasteiger partial charge on any atom is -0.691 e. The number of para-hydroxylation sites is 1. The standard InChI is InChI=1S/C12H12N4O/c13-10-6-8-12(9-7-10)16(17)15-14-11-4-2-1-3-5-11/h1-9,14H,13H2/b16-15-. The van der Waals surface area contributed by atoms with Gasteiger partial charge in [0, 0.05) is 5.69 Å². The molecule has 0 unspecified atom stereocenters. The molecule has 2 aromatic rings. The van der Waals surface area contributed by atoms with Crippen molar-refractivity contribution in [3.05, 3.63) is 59.8 Å². The summed E-state index contributed by atoms with van der Waals surface area (Å²) in [6.07, 6.45) is 0. The lowest BCUT2D eigenvalue weighted by atomic mass is 10.3. The highest BCUT2D eigenvalue weighted by Crippen LogP contribution is 2.14. The van der Waals surface area contributed by atoms with Crippen LogP contribution in [0.4, 0.5) is 17.1 Å². The summed E-state index contributed by atoms with van der Waals surface area (Å²) in [6, 6.07) is 15.8. The number of hydrogen-bond acceptors (Lipinski definition) is 3. The molecule has 0 radical (unpaired) electrons. The Bertz CT molecular complexity index is 508. The van der Waals surface area contributed by atoms with Gasteiger partial charge >= 0.3 is 0 Å². The Morgan fingerprint density at radius 3 is 2.29 bits per heavy atom. The Balaban J connectivity index is 2.10. The summed E-state index contributed by atoms with van der Waals surface area (Å²) in [4.78, 5) is 0.506. The normalized spacial score (nSPS) is 11.2. The molecular formula is C12H12N4O. The zero-order valence-electron chi connectivity index (χ0n) is 9.08. The summed E-state index contributed by atoms with van der Waals surface area (Å²) >= 11 is 0. The van der Waals surface area contributed by atoms with Crippen LogP contribution in [0.25, 0.3) is 0 Å². The minimum absolute atomic E-state index is 0.419. The SMILES string of the molecule is Nc1ccc(/[N+]([O-])=N/Nc2ccccc2)cc1. The molecule has 0 amide bonds. The van der Waals surface area contributed by atoms with E-state index in [2.05, 4.69) is 10.6 Å². The van der Waals surface area contributed by atoms with Crippen LogP contribution in [0.3, 0.4) is 0 Å². The maximum absolute atomic E-state index is 11.6. The molecule has 86 valence electrons. The predicted octanol–water partition coefficient (Wildman–Crippen LogP) is 2.89. The van der Waals surface area contributed by atoms with Crippen molar-refractivity contribution in [3.8, 4) is 0 Å². The van der Waals surface area contributed by atoms with Crippen LogP contribution in [0.2, 0.25) is 0 Å². The summed E-state index contributed by atoms with van der Waals surface area (Å²) in [5.41, 5.74) is 9.97. The number of nitrogens with zero attached hydrogens (tertiary/aromatic N) is 2. The lowest BCUT2D eigenvalue weighted by Gasteiger charge is -2.05. The molecule has 0 spiro atoms. The van der Waals surface area contributed by atoms with E-state index in [9.17, 15) is 5.21 Å². The second kappa shape index (κ2) is 4.98. The summed E-state index contributed by atoms with van der Waals surface area (Å²) in [5.74, 6) is 0. The average Bonchev–Trinajstić information content (AvgIpc) is 2.38. The third-order valence-corrected chi connectivity index (χ3v) is 2.16. The van der Waals surface area contributed by atoms with Gasteiger partial charge in [0.1, 0.15) is 5.69 Å². The van der Waals surface area contributed by atoms with Crippen molar-refractivity contribution >= 4 is 17.1 Å². The van der Waals surface area contributed by atoms with Gasteiger partial charge in [0.05, 0.1) is 5.22 Å². The van der Waals surface area contributed by atoms with Crippen LogP contribution >= 0.6 is 0 Å². The topological polar surface area (TPSA) is 76.5 Å². The molecule has 0 aliphatic heterocycles. The van der Waals surface area contributed by atoms with Gasteiger partial charge in [-0.3, -0.25) is 0 Å². The van der Waals surface area contributed by atoms with Gasteiger partial charge in [-0.25, -0.2) is 0 Å². The number of nitrogens with two attached hydrogens (primary N) is 1. The second-order valence-corrected chi connectivity index (χ2v) is 3.44. The van der Waals surface area contributed by atoms with E-state index < -0.39 is 0 Å². The fourth-order valence-electron chi connectivity index (χ4n) is 1.28. The Kier molecular flexibility index (Phi) is 3.20. The van der Waals surface area contributed by atoms with E-state index in [4.69, 9.17) is 5.73 Å². The molecule has 2 rings (SSSR count). The van der Waals surface area contributed by atoms with Crippen molar-refractivity contribution < 1.29 is 4.86 Å². The largest absolute Gasteiger partial charge is 0.691 e. The molecular weight excluding hydrogens is 216 g/mol. The van der Waals surface area contributed by atoms with E-state index in [1.807, 2.05) is 30.3 Å². The van der Waals surface area contributed by atoms with Crippen molar-refractivity contribution in [3.63, 3.8) is 0 Å². The minimum atomic E-state index is 0.419. The van der Waals surface area contributed by atoms with E-state index >= 15 is 0 Å². The number of hydrogen-bond donors (Lipinski definition) is 2. The number of nitrogen functional groups attached to an aromatic ring is 1. The molecule has 0 saturated carbocycles. The Morgan fingerprint density at radius 1 is 1.00 bits per heavy atom. The van der Waals surface area contributed by atoms with Gasteiger partial charge in [-0.2, -0.15) is 0 Å². The van der Waals surface area contributed by atoms with Gasteiger partial charge in [-0.15, -0.1) is 10.3 Å². The van der Waals surface area contributed by atoms with Crippen LogP contribution in [0, 0.1) is 5.21 Å². The molecule has 0 aliphatic rings. The first-order valence-corrected chi connectivity index (χ1v) is 5.10. The summed E-state index contributed by atoms with van der Waals surface area (Å²) in [6.45, 7) is 0. The number of nitrogens with one attached hydrogen (secondary N) is 1. The molecule has 0 aromatic heterocycles. The molecule has 0 fully saturated rings. The highest BCUT2D eigenvalue weighted by molar-refractivity contribution is 5.44. The summed E-state index contributed by atoms with van der Waals surface area (Å²) in [5, 5.41) is 15.3. The molecule has 2 aromatic carbocycles. The van der Waals surface area contributed by atoms with Gasteiger partial charge in [-0.05, 0) is 36.4 Å². The van der Waals surface area contributed by atoms with Gasteiger partial charge in [-0.1, -0.05) is 18.2 Å². The van der Waals surface area contributed by atoms with E-state index in [1.54, 1.807) is 24.3 Å². The lowest BCUT2D eigenvalue weighted by molar-refractivity contribution is -0.439. The second-order valence-electron chi connectivity index (χ2n) is 3.44. The molecule has 0 aliphatic carbocycles. The lowest BCUT2D eigenvalue weighted by Crippen LogP contribution is -1.97. The first-order chi connectivity index (χ1) is 8.25. The van der Waals surface area contributed by atoms with Crippen LogP contribution in [0.15, 0.2) is 59.8 Å². The third kappa shape index (κ3) is 2.94. The highest BCUT2D eigenvalue weighted by Gasteiger charge is 1.98. The quantitative estimate of drug-likeness (QED) is 0.367. The Hall–Kier alpha value is -2.56. The summed E-state index contributed by atoms with van der Waals surface area (Å²) < 4.78 is 0. The van der Waals surface area contributed by atoms with E-state index in [1.165, 1.54) is 0 Å². The Morgan fingerprint density at radius 2 is 1.65 bits per heavy atom. The molecule has 3 N–H and O–H groups in total. The maximum atomic E-state index is 11.6. The van der Waals surface area contributed by atoms with Crippen molar-refractivity contribution in [2.75, 3.05) is 11.2 Å². The fourth-order valence-corrected chi connectivity index (χ4v) is 1.28. The molecule has 0 bridgehead atoms. The first kappa shape index (κ1) is 10.9. The van der Waals surface area contributed by atoms with Crippen molar-refractivity contribution in [2.24, 2.45) is 5.22 Å². The molecule has 5 nitrogen and oxygen atoms in total. The number of anilines is 2. The van der Waals surface area contributed by atoms with E-state index in [-0.39, 0.29) is 0 Å². The molecule has 17 heavy (non-hydrogen) atoms. The highest BCUT2D eigenvalue weighted by atomic mass is 16.5. The maximum Gasteiger partial charge on any atom is 0.154 e. The number of benzene rings is 2.